The number of hydrogen-bond donors (Lipinski definition) is 0. The minimum atomic E-state index is -0.965. The van der Waals surface area contributed by atoms with Gasteiger partial charge >= 0.3 is 5.97 Å². The Hall–Kier alpha value is -2.82. The van der Waals surface area contributed by atoms with Crippen molar-refractivity contribution in [2.24, 2.45) is 0 Å². The Bertz CT molecular complexity index is 757. The van der Waals surface area contributed by atoms with Gasteiger partial charge in [0.25, 0.3) is 0 Å². The Morgan fingerprint density at radius 1 is 1.21 bits per heavy atom. The molecule has 1 heterocycles. The molecule has 0 saturated carbocycles. The number of ketones is 1. The molecule has 2 aromatic carbocycles. The molecule has 5 nitrogen and oxygen atoms in total. The summed E-state index contributed by atoms with van der Waals surface area (Å²) in [7, 11) is 1.59. The Kier molecular flexibility index (Phi) is 4.51. The van der Waals surface area contributed by atoms with Crippen LogP contribution in [0.5, 0.6) is 5.75 Å². The van der Waals surface area contributed by atoms with E-state index in [4.69, 9.17) is 9.47 Å². The number of carbonyl (C=O) groups excluding carboxylic acids is 2. The standard InChI is InChI=1S/C19H19NO4/c1-3-24-19(22)17-18(21)16-10-9-15(23-2)11-13(16)12-20(17)14-7-5-4-6-8-14/h4-11,17H,3,12H2,1-2H3. The third-order valence-electron chi connectivity index (χ3n) is 4.08. The highest BCUT2D eigenvalue weighted by Gasteiger charge is 2.40. The van der Waals surface area contributed by atoms with E-state index in [1.807, 2.05) is 36.4 Å². The number of nitrogens with zero attached hydrogens (tertiary/aromatic N) is 1. The molecule has 0 N–H and O–H groups in total. The van der Waals surface area contributed by atoms with Gasteiger partial charge in [0.05, 0.1) is 13.7 Å². The maximum Gasteiger partial charge on any atom is 0.337 e. The molecule has 0 radical (unpaired) electrons. The second-order valence-electron chi connectivity index (χ2n) is 5.51. The number of para-hydroxylation sites is 1. The number of benzene rings is 2. The van der Waals surface area contributed by atoms with Crippen LogP contribution in [0, 0.1) is 0 Å². The van der Waals surface area contributed by atoms with E-state index in [2.05, 4.69) is 0 Å². The number of anilines is 1. The first-order valence-corrected chi connectivity index (χ1v) is 7.85. The second kappa shape index (κ2) is 6.74. The molecule has 0 saturated heterocycles. The van der Waals surface area contributed by atoms with E-state index < -0.39 is 12.0 Å². The van der Waals surface area contributed by atoms with Crippen LogP contribution in [0.15, 0.2) is 48.5 Å². The van der Waals surface area contributed by atoms with Crippen molar-refractivity contribution in [2.75, 3.05) is 18.6 Å². The minimum absolute atomic E-state index is 0.237. The van der Waals surface area contributed by atoms with Gasteiger partial charge in [-0.3, -0.25) is 4.79 Å². The van der Waals surface area contributed by atoms with Crippen molar-refractivity contribution < 1.29 is 19.1 Å². The monoisotopic (exact) mass is 325 g/mol. The van der Waals surface area contributed by atoms with Crippen LogP contribution in [0.2, 0.25) is 0 Å². The molecule has 1 aliphatic heterocycles. The van der Waals surface area contributed by atoms with Crippen molar-refractivity contribution in [2.45, 2.75) is 19.5 Å². The maximum absolute atomic E-state index is 12.9. The van der Waals surface area contributed by atoms with Gasteiger partial charge in [0.15, 0.2) is 11.8 Å². The molecule has 3 rings (SSSR count). The zero-order chi connectivity index (χ0) is 17.1. The van der Waals surface area contributed by atoms with Crippen LogP contribution < -0.4 is 9.64 Å². The number of hydrogen-bond acceptors (Lipinski definition) is 5. The molecule has 124 valence electrons. The third kappa shape index (κ3) is 2.85. The lowest BCUT2D eigenvalue weighted by atomic mass is 9.91. The number of fused-ring (bicyclic) bond motifs is 1. The van der Waals surface area contributed by atoms with Gasteiger partial charge in [0.2, 0.25) is 0 Å². The summed E-state index contributed by atoms with van der Waals surface area (Å²) in [5.74, 6) is -0.0850. The van der Waals surface area contributed by atoms with Crippen LogP contribution in [0.3, 0.4) is 0 Å². The van der Waals surface area contributed by atoms with E-state index in [1.165, 1.54) is 0 Å². The van der Waals surface area contributed by atoms with Crippen molar-refractivity contribution in [3.8, 4) is 5.75 Å². The fraction of sp³-hybridized carbons (Fsp3) is 0.263. The Morgan fingerprint density at radius 2 is 1.96 bits per heavy atom. The van der Waals surface area contributed by atoms with E-state index in [-0.39, 0.29) is 12.4 Å². The predicted octanol–water partition coefficient (Wildman–Crippen LogP) is 2.83. The highest BCUT2D eigenvalue weighted by Crippen LogP contribution is 2.31. The molecule has 2 aromatic rings. The largest absolute Gasteiger partial charge is 0.497 e. The van der Waals surface area contributed by atoms with Gasteiger partial charge in [-0.05, 0) is 42.8 Å². The molecule has 0 bridgehead atoms. The predicted molar refractivity (Wildman–Crippen MR) is 90.4 cm³/mol. The summed E-state index contributed by atoms with van der Waals surface area (Å²) in [6, 6.07) is 13.7. The SMILES string of the molecule is CCOC(=O)C1C(=O)c2ccc(OC)cc2CN1c1ccccc1. The molecule has 24 heavy (non-hydrogen) atoms. The van der Waals surface area contributed by atoms with Gasteiger partial charge in [0.1, 0.15) is 5.75 Å². The van der Waals surface area contributed by atoms with Gasteiger partial charge in [-0.1, -0.05) is 18.2 Å². The third-order valence-corrected chi connectivity index (χ3v) is 4.08. The Morgan fingerprint density at radius 3 is 2.62 bits per heavy atom. The smallest absolute Gasteiger partial charge is 0.337 e. The lowest BCUT2D eigenvalue weighted by Gasteiger charge is -2.36. The van der Waals surface area contributed by atoms with Crippen LogP contribution in [-0.2, 0) is 16.1 Å². The number of Topliss-reactive ketones (excluding diaryl/α,β-unsaturated/α-hetero) is 1. The summed E-state index contributed by atoms with van der Waals surface area (Å²) in [5.41, 5.74) is 2.18. The molecular weight excluding hydrogens is 306 g/mol. The molecule has 0 amide bonds. The quantitative estimate of drug-likeness (QED) is 0.639. The summed E-state index contributed by atoms with van der Waals surface area (Å²) < 4.78 is 10.4. The van der Waals surface area contributed by atoms with Crippen molar-refractivity contribution in [3.63, 3.8) is 0 Å². The molecule has 0 aliphatic carbocycles. The van der Waals surface area contributed by atoms with Crippen molar-refractivity contribution in [1.29, 1.82) is 0 Å². The lowest BCUT2D eigenvalue weighted by molar-refractivity contribution is -0.143. The van der Waals surface area contributed by atoms with Gasteiger partial charge in [-0.2, -0.15) is 0 Å². The number of esters is 1. The first-order valence-electron chi connectivity index (χ1n) is 7.85. The lowest BCUT2D eigenvalue weighted by Crippen LogP contribution is -2.51. The Labute approximate surface area is 140 Å². The summed E-state index contributed by atoms with van der Waals surface area (Å²) in [6.07, 6.45) is 0. The summed E-state index contributed by atoms with van der Waals surface area (Å²) in [5, 5.41) is 0. The highest BCUT2D eigenvalue weighted by molar-refractivity contribution is 6.16. The van der Waals surface area contributed by atoms with E-state index in [9.17, 15) is 9.59 Å². The molecule has 0 fully saturated rings. The number of rotatable bonds is 4. The number of methoxy groups -OCH3 is 1. The van der Waals surface area contributed by atoms with Crippen LogP contribution in [0.1, 0.15) is 22.8 Å². The van der Waals surface area contributed by atoms with E-state index in [0.29, 0.717) is 17.9 Å². The number of ether oxygens (including phenoxy) is 2. The van der Waals surface area contributed by atoms with Gasteiger partial charge in [-0.15, -0.1) is 0 Å². The van der Waals surface area contributed by atoms with E-state index >= 15 is 0 Å². The van der Waals surface area contributed by atoms with E-state index in [0.717, 1.165) is 11.3 Å². The van der Waals surface area contributed by atoms with Crippen LogP contribution in [-0.4, -0.2) is 31.5 Å². The molecular formula is C19H19NO4. The molecule has 0 aromatic heterocycles. The first kappa shape index (κ1) is 16.1. The normalized spacial score (nSPS) is 16.5. The van der Waals surface area contributed by atoms with Gasteiger partial charge in [0, 0.05) is 17.8 Å². The topological polar surface area (TPSA) is 55.8 Å². The zero-order valence-electron chi connectivity index (χ0n) is 13.7. The second-order valence-corrected chi connectivity index (χ2v) is 5.51. The first-order chi connectivity index (χ1) is 11.7. The zero-order valence-corrected chi connectivity index (χ0v) is 13.7. The fourth-order valence-electron chi connectivity index (χ4n) is 2.95. The molecule has 1 atom stereocenters. The van der Waals surface area contributed by atoms with Gasteiger partial charge < -0.3 is 14.4 Å². The fourth-order valence-corrected chi connectivity index (χ4v) is 2.95. The maximum atomic E-state index is 12.9. The number of carbonyl (C=O) groups is 2. The summed E-state index contributed by atoms with van der Waals surface area (Å²) in [6.45, 7) is 2.41. The van der Waals surface area contributed by atoms with Crippen molar-refractivity contribution in [3.05, 3.63) is 59.7 Å². The molecule has 5 heteroatoms. The average Bonchev–Trinajstić information content (AvgIpc) is 2.62. The van der Waals surface area contributed by atoms with Gasteiger partial charge in [-0.25, -0.2) is 4.79 Å². The Balaban J connectivity index is 2.07. The van der Waals surface area contributed by atoms with Crippen LogP contribution in [0.25, 0.3) is 0 Å². The van der Waals surface area contributed by atoms with Crippen LogP contribution in [0.4, 0.5) is 5.69 Å². The summed E-state index contributed by atoms with van der Waals surface area (Å²) in [4.78, 5) is 27.1. The van der Waals surface area contributed by atoms with E-state index in [1.54, 1.807) is 31.1 Å². The minimum Gasteiger partial charge on any atom is -0.497 e. The molecule has 1 unspecified atom stereocenters. The summed E-state index contributed by atoms with van der Waals surface area (Å²) >= 11 is 0. The molecule has 0 spiro atoms. The van der Waals surface area contributed by atoms with Crippen molar-refractivity contribution >= 4 is 17.4 Å². The highest BCUT2D eigenvalue weighted by atomic mass is 16.5. The average molecular weight is 325 g/mol. The van der Waals surface area contributed by atoms with Crippen LogP contribution >= 0.6 is 0 Å². The van der Waals surface area contributed by atoms with Crippen molar-refractivity contribution in [1.82, 2.24) is 0 Å². The molecule has 1 aliphatic rings.